The van der Waals surface area contributed by atoms with Gasteiger partial charge in [0.05, 0.1) is 19.4 Å². The van der Waals surface area contributed by atoms with Crippen molar-refractivity contribution in [1.82, 2.24) is 10.3 Å². The van der Waals surface area contributed by atoms with Gasteiger partial charge in [0.2, 0.25) is 5.79 Å². The third kappa shape index (κ3) is 3.13. The molecule has 3 aromatic rings. The van der Waals surface area contributed by atoms with E-state index in [1.807, 2.05) is 38.1 Å². The Morgan fingerprint density at radius 2 is 2.08 bits per heavy atom. The van der Waals surface area contributed by atoms with Crippen molar-refractivity contribution in [3.63, 3.8) is 0 Å². The first-order valence-electron chi connectivity index (χ1n) is 8.56. The number of benzene rings is 1. The highest BCUT2D eigenvalue weighted by atomic mass is 32.1. The van der Waals surface area contributed by atoms with Gasteiger partial charge in [-0.25, -0.2) is 4.98 Å². The first-order valence-corrected chi connectivity index (χ1v) is 9.38. The molecule has 2 aromatic heterocycles. The molecule has 1 aromatic carbocycles. The largest absolute Gasteiger partial charge is 0.461 e. The van der Waals surface area contributed by atoms with E-state index in [4.69, 9.17) is 13.9 Å². The molecule has 0 saturated carbocycles. The molecular weight excluding hydrogens is 352 g/mol. The van der Waals surface area contributed by atoms with Crippen molar-refractivity contribution in [3.8, 4) is 0 Å². The molecule has 1 fully saturated rings. The monoisotopic (exact) mass is 372 g/mol. The van der Waals surface area contributed by atoms with Gasteiger partial charge in [-0.15, -0.1) is 11.3 Å². The molecule has 1 aliphatic heterocycles. The van der Waals surface area contributed by atoms with Crippen LogP contribution < -0.4 is 5.32 Å². The highest BCUT2D eigenvalue weighted by Gasteiger charge is 2.36. The van der Waals surface area contributed by atoms with E-state index in [9.17, 15) is 4.79 Å². The Morgan fingerprint density at radius 3 is 2.88 bits per heavy atom. The molecule has 1 saturated heterocycles. The van der Waals surface area contributed by atoms with Crippen molar-refractivity contribution >= 4 is 28.2 Å². The van der Waals surface area contributed by atoms with E-state index in [0.29, 0.717) is 36.1 Å². The second-order valence-electron chi connectivity index (χ2n) is 6.31. The SMILES string of the molecule is Cc1oc2ccccc2c1CCNC(=O)c1cnc(C2(C)OCCO2)s1. The fraction of sp³-hybridized carbons (Fsp3) is 0.368. The van der Waals surface area contributed by atoms with Crippen LogP contribution in [0.2, 0.25) is 0 Å². The Bertz CT molecular complexity index is 940. The Kier molecular flexibility index (Phi) is 4.52. The second-order valence-corrected chi connectivity index (χ2v) is 7.34. The fourth-order valence-corrected chi connectivity index (χ4v) is 4.03. The van der Waals surface area contributed by atoms with Gasteiger partial charge in [0.1, 0.15) is 16.2 Å². The number of nitrogens with zero attached hydrogens (tertiary/aromatic N) is 1. The molecular formula is C19H20N2O4S. The van der Waals surface area contributed by atoms with Crippen molar-refractivity contribution < 1.29 is 18.7 Å². The van der Waals surface area contributed by atoms with Crippen molar-refractivity contribution in [1.29, 1.82) is 0 Å². The van der Waals surface area contributed by atoms with Gasteiger partial charge in [-0.05, 0) is 26.3 Å². The number of amides is 1. The molecule has 1 amide bonds. The maximum absolute atomic E-state index is 12.4. The van der Waals surface area contributed by atoms with E-state index in [2.05, 4.69) is 10.3 Å². The van der Waals surface area contributed by atoms with E-state index in [1.165, 1.54) is 11.3 Å². The number of thiazole rings is 1. The fourth-order valence-electron chi connectivity index (χ4n) is 3.15. The molecule has 6 nitrogen and oxygen atoms in total. The summed E-state index contributed by atoms with van der Waals surface area (Å²) in [5.41, 5.74) is 2.01. The second kappa shape index (κ2) is 6.83. The predicted molar refractivity (Wildman–Crippen MR) is 98.4 cm³/mol. The third-order valence-electron chi connectivity index (χ3n) is 4.52. The zero-order chi connectivity index (χ0) is 18.1. The number of fused-ring (bicyclic) bond motifs is 1. The topological polar surface area (TPSA) is 73.6 Å². The molecule has 7 heteroatoms. The van der Waals surface area contributed by atoms with Crippen LogP contribution in [-0.2, 0) is 21.7 Å². The summed E-state index contributed by atoms with van der Waals surface area (Å²) in [6, 6.07) is 7.94. The molecule has 1 aliphatic rings. The number of nitrogens with one attached hydrogen (secondary N) is 1. The van der Waals surface area contributed by atoms with Crippen molar-refractivity contribution in [3.05, 3.63) is 51.7 Å². The normalized spacial score (nSPS) is 16.2. The number of carbonyl (C=O) groups is 1. The zero-order valence-corrected chi connectivity index (χ0v) is 15.5. The maximum atomic E-state index is 12.4. The number of aromatic nitrogens is 1. The average Bonchev–Trinajstić information content (AvgIpc) is 3.34. The minimum absolute atomic E-state index is 0.138. The number of hydrogen-bond donors (Lipinski definition) is 1. The summed E-state index contributed by atoms with van der Waals surface area (Å²) in [4.78, 5) is 17.3. The van der Waals surface area contributed by atoms with Gasteiger partial charge >= 0.3 is 0 Å². The standard InChI is InChI=1S/C19H20N2O4S/c1-12-13(14-5-3-4-6-15(14)25-12)7-8-20-17(22)16-11-21-18(26-16)19(2)23-9-10-24-19/h3-6,11H,7-10H2,1-2H3,(H,20,22). The quantitative estimate of drug-likeness (QED) is 0.743. The van der Waals surface area contributed by atoms with Crippen LogP contribution >= 0.6 is 11.3 Å². The molecule has 0 spiro atoms. The van der Waals surface area contributed by atoms with Gasteiger partial charge in [-0.3, -0.25) is 4.79 Å². The summed E-state index contributed by atoms with van der Waals surface area (Å²) < 4.78 is 16.9. The molecule has 26 heavy (non-hydrogen) atoms. The molecule has 0 atom stereocenters. The number of ether oxygens (including phenoxy) is 2. The molecule has 0 bridgehead atoms. The minimum Gasteiger partial charge on any atom is -0.461 e. The number of hydrogen-bond acceptors (Lipinski definition) is 6. The molecule has 136 valence electrons. The lowest BCUT2D eigenvalue weighted by Gasteiger charge is -2.18. The van der Waals surface area contributed by atoms with Gasteiger partial charge in [-0.2, -0.15) is 0 Å². The van der Waals surface area contributed by atoms with Crippen molar-refractivity contribution in [2.45, 2.75) is 26.1 Å². The maximum Gasteiger partial charge on any atom is 0.263 e. The van der Waals surface area contributed by atoms with Gasteiger partial charge in [0.15, 0.2) is 5.01 Å². The molecule has 0 aliphatic carbocycles. The van der Waals surface area contributed by atoms with E-state index in [-0.39, 0.29) is 5.91 Å². The van der Waals surface area contributed by atoms with Crippen LogP contribution in [0.4, 0.5) is 0 Å². The Morgan fingerprint density at radius 1 is 1.31 bits per heavy atom. The number of carbonyl (C=O) groups excluding carboxylic acids is 1. The van der Waals surface area contributed by atoms with Crippen molar-refractivity contribution in [2.24, 2.45) is 0 Å². The molecule has 1 N–H and O–H groups in total. The number of rotatable bonds is 5. The highest BCUT2D eigenvalue weighted by molar-refractivity contribution is 7.13. The van der Waals surface area contributed by atoms with Crippen LogP contribution in [0, 0.1) is 6.92 Å². The first kappa shape index (κ1) is 17.2. The third-order valence-corrected chi connectivity index (χ3v) is 5.70. The Balaban J connectivity index is 1.40. The van der Waals surface area contributed by atoms with Crippen LogP contribution in [0.15, 0.2) is 34.9 Å². The van der Waals surface area contributed by atoms with Crippen LogP contribution in [-0.4, -0.2) is 30.6 Å². The van der Waals surface area contributed by atoms with Crippen molar-refractivity contribution in [2.75, 3.05) is 19.8 Å². The first-order chi connectivity index (χ1) is 12.6. The van der Waals surface area contributed by atoms with E-state index in [0.717, 1.165) is 22.3 Å². The zero-order valence-electron chi connectivity index (χ0n) is 14.7. The van der Waals surface area contributed by atoms with Gasteiger partial charge in [0, 0.05) is 17.5 Å². The summed E-state index contributed by atoms with van der Waals surface area (Å²) in [5.74, 6) is -0.0829. The lowest BCUT2D eigenvalue weighted by molar-refractivity contribution is -0.149. The average molecular weight is 372 g/mol. The predicted octanol–water partition coefficient (Wildman–Crippen LogP) is 3.39. The summed E-state index contributed by atoms with van der Waals surface area (Å²) in [6.45, 7) is 5.38. The summed E-state index contributed by atoms with van der Waals surface area (Å²) in [5, 5.41) is 4.72. The van der Waals surface area contributed by atoms with Gasteiger partial charge in [0.25, 0.3) is 5.91 Å². The Labute approximate surface area is 155 Å². The molecule has 0 radical (unpaired) electrons. The number of para-hydroxylation sites is 1. The molecule has 4 rings (SSSR count). The Hall–Kier alpha value is -2.22. The number of aryl methyl sites for hydroxylation is 1. The molecule has 3 heterocycles. The van der Waals surface area contributed by atoms with Crippen LogP contribution in [0.1, 0.15) is 32.9 Å². The lowest BCUT2D eigenvalue weighted by Crippen LogP contribution is -2.25. The lowest BCUT2D eigenvalue weighted by atomic mass is 10.1. The summed E-state index contributed by atoms with van der Waals surface area (Å²) in [6.07, 6.45) is 2.29. The van der Waals surface area contributed by atoms with Crippen LogP contribution in [0.5, 0.6) is 0 Å². The smallest absolute Gasteiger partial charge is 0.263 e. The highest BCUT2D eigenvalue weighted by Crippen LogP contribution is 2.33. The number of furan rings is 1. The van der Waals surface area contributed by atoms with Crippen LogP contribution in [0.25, 0.3) is 11.0 Å². The molecule has 0 unspecified atom stereocenters. The van der Waals surface area contributed by atoms with E-state index < -0.39 is 5.79 Å². The van der Waals surface area contributed by atoms with Gasteiger partial charge in [-0.1, -0.05) is 18.2 Å². The van der Waals surface area contributed by atoms with Gasteiger partial charge < -0.3 is 19.2 Å². The van der Waals surface area contributed by atoms with Crippen LogP contribution in [0.3, 0.4) is 0 Å². The minimum atomic E-state index is -0.837. The van der Waals surface area contributed by atoms with E-state index >= 15 is 0 Å². The van der Waals surface area contributed by atoms with E-state index in [1.54, 1.807) is 6.20 Å². The summed E-state index contributed by atoms with van der Waals surface area (Å²) in [7, 11) is 0. The summed E-state index contributed by atoms with van der Waals surface area (Å²) >= 11 is 1.30.